The maximum Gasteiger partial charge on any atom is 0.243 e. The average molecular weight is 331 g/mol. The first-order chi connectivity index (χ1) is 11.5. The predicted molar refractivity (Wildman–Crippen MR) is 95.5 cm³/mol. The Morgan fingerprint density at radius 2 is 1.96 bits per heavy atom. The normalized spacial score (nSPS) is 22.0. The molecule has 0 aliphatic carbocycles. The highest BCUT2D eigenvalue weighted by atomic mass is 16.2. The van der Waals surface area contributed by atoms with Gasteiger partial charge in [0.15, 0.2) is 0 Å². The van der Waals surface area contributed by atoms with Gasteiger partial charge in [0.05, 0.1) is 6.42 Å². The number of amides is 2. The van der Waals surface area contributed by atoms with Gasteiger partial charge >= 0.3 is 0 Å². The highest BCUT2D eigenvalue weighted by molar-refractivity contribution is 5.88. The van der Waals surface area contributed by atoms with Gasteiger partial charge in [0.1, 0.15) is 6.04 Å². The molecule has 1 aromatic rings. The Kier molecular flexibility index (Phi) is 6.79. The lowest BCUT2D eigenvalue weighted by atomic mass is 9.94. The van der Waals surface area contributed by atoms with E-state index in [0.717, 1.165) is 25.1 Å². The van der Waals surface area contributed by atoms with Crippen molar-refractivity contribution in [1.29, 1.82) is 0 Å². The minimum atomic E-state index is -0.497. The molecule has 0 aromatic heterocycles. The molecule has 5 heteroatoms. The molecule has 24 heavy (non-hydrogen) atoms. The third-order valence-corrected chi connectivity index (χ3v) is 4.59. The number of carbonyl (C=O) groups is 2. The van der Waals surface area contributed by atoms with E-state index in [2.05, 4.69) is 22.9 Å². The molecule has 1 fully saturated rings. The Morgan fingerprint density at radius 3 is 2.58 bits per heavy atom. The minimum absolute atomic E-state index is 0.0433. The van der Waals surface area contributed by atoms with Gasteiger partial charge in [-0.15, -0.1) is 0 Å². The van der Waals surface area contributed by atoms with Crippen LogP contribution in [0, 0.1) is 11.8 Å². The zero-order valence-electron chi connectivity index (χ0n) is 14.8. The lowest BCUT2D eigenvalue weighted by molar-refractivity contribution is -0.130. The first-order valence-electron chi connectivity index (χ1n) is 8.81. The third kappa shape index (κ3) is 5.34. The van der Waals surface area contributed by atoms with Gasteiger partial charge in [0.25, 0.3) is 0 Å². The Bertz CT molecular complexity index is 545. The molecule has 1 aliphatic rings. The fourth-order valence-corrected chi connectivity index (χ4v) is 3.04. The van der Waals surface area contributed by atoms with E-state index in [1.807, 2.05) is 44.2 Å². The maximum atomic E-state index is 12.6. The van der Waals surface area contributed by atoms with Gasteiger partial charge in [0, 0.05) is 6.04 Å². The van der Waals surface area contributed by atoms with E-state index >= 15 is 0 Å². The van der Waals surface area contributed by atoms with Crippen molar-refractivity contribution in [3.8, 4) is 0 Å². The summed E-state index contributed by atoms with van der Waals surface area (Å²) in [5, 5.41) is 9.36. The number of rotatable bonds is 6. The van der Waals surface area contributed by atoms with Crippen molar-refractivity contribution >= 4 is 11.8 Å². The van der Waals surface area contributed by atoms with E-state index < -0.39 is 6.04 Å². The average Bonchev–Trinajstić information content (AvgIpc) is 2.55. The molecule has 132 valence electrons. The monoisotopic (exact) mass is 331 g/mol. The van der Waals surface area contributed by atoms with Crippen molar-refractivity contribution in [1.82, 2.24) is 16.0 Å². The third-order valence-electron chi connectivity index (χ3n) is 4.59. The highest BCUT2D eigenvalue weighted by Crippen LogP contribution is 2.12. The number of piperidine rings is 1. The standard InChI is InChI=1S/C19H29N3O2/c1-13(2)18(19(24)21-16-9-10-20-12-14(16)3)22-17(23)11-15-7-5-4-6-8-15/h4-8,13-14,16,18,20H,9-12H2,1-3H3,(H,21,24)(H,22,23). The number of hydrogen-bond acceptors (Lipinski definition) is 3. The van der Waals surface area contributed by atoms with Gasteiger partial charge in [-0.3, -0.25) is 9.59 Å². The Labute approximate surface area is 144 Å². The van der Waals surface area contributed by atoms with E-state index in [1.165, 1.54) is 0 Å². The van der Waals surface area contributed by atoms with Gasteiger partial charge in [-0.1, -0.05) is 51.1 Å². The quantitative estimate of drug-likeness (QED) is 0.739. The van der Waals surface area contributed by atoms with Crippen molar-refractivity contribution in [2.24, 2.45) is 11.8 Å². The SMILES string of the molecule is CC(C)C(NC(=O)Cc1ccccc1)C(=O)NC1CCNCC1C. The number of hydrogen-bond donors (Lipinski definition) is 3. The molecule has 5 nitrogen and oxygen atoms in total. The topological polar surface area (TPSA) is 70.2 Å². The Balaban J connectivity index is 1.92. The molecular weight excluding hydrogens is 302 g/mol. The molecule has 3 atom stereocenters. The van der Waals surface area contributed by atoms with Gasteiger partial charge < -0.3 is 16.0 Å². The summed E-state index contributed by atoms with van der Waals surface area (Å²) in [6, 6.07) is 9.25. The van der Waals surface area contributed by atoms with Crippen LogP contribution in [0.2, 0.25) is 0 Å². The van der Waals surface area contributed by atoms with Crippen LogP contribution in [0.5, 0.6) is 0 Å². The van der Waals surface area contributed by atoms with Gasteiger partial charge in [-0.05, 0) is 36.9 Å². The Morgan fingerprint density at radius 1 is 1.25 bits per heavy atom. The van der Waals surface area contributed by atoms with E-state index in [0.29, 0.717) is 12.3 Å². The molecule has 0 saturated carbocycles. The zero-order valence-corrected chi connectivity index (χ0v) is 14.8. The lowest BCUT2D eigenvalue weighted by Crippen LogP contribution is -2.56. The summed E-state index contributed by atoms with van der Waals surface area (Å²) in [7, 11) is 0. The van der Waals surface area contributed by atoms with Crippen LogP contribution < -0.4 is 16.0 Å². The van der Waals surface area contributed by atoms with Crippen LogP contribution in [-0.2, 0) is 16.0 Å². The summed E-state index contributed by atoms with van der Waals surface area (Å²) in [6.07, 6.45) is 1.22. The number of carbonyl (C=O) groups excluding carboxylic acids is 2. The van der Waals surface area contributed by atoms with E-state index in [4.69, 9.17) is 0 Å². The van der Waals surface area contributed by atoms with E-state index in [1.54, 1.807) is 0 Å². The van der Waals surface area contributed by atoms with Crippen LogP contribution in [0.15, 0.2) is 30.3 Å². The zero-order chi connectivity index (χ0) is 17.5. The van der Waals surface area contributed by atoms with Crippen LogP contribution in [-0.4, -0.2) is 37.0 Å². The molecule has 1 aliphatic heterocycles. The number of benzene rings is 1. The molecule has 3 unspecified atom stereocenters. The highest BCUT2D eigenvalue weighted by Gasteiger charge is 2.29. The summed E-state index contributed by atoms with van der Waals surface area (Å²) < 4.78 is 0. The Hall–Kier alpha value is -1.88. The molecule has 1 aromatic carbocycles. The molecular formula is C19H29N3O2. The second-order valence-corrected chi connectivity index (χ2v) is 7.04. The van der Waals surface area contributed by atoms with Crippen molar-refractivity contribution in [3.05, 3.63) is 35.9 Å². The minimum Gasteiger partial charge on any atom is -0.351 e. The fraction of sp³-hybridized carbons (Fsp3) is 0.579. The summed E-state index contributed by atoms with van der Waals surface area (Å²) in [5.41, 5.74) is 0.949. The second-order valence-electron chi connectivity index (χ2n) is 7.04. The van der Waals surface area contributed by atoms with Crippen molar-refractivity contribution in [2.45, 2.75) is 45.7 Å². The lowest BCUT2D eigenvalue weighted by Gasteiger charge is -2.32. The predicted octanol–water partition coefficient (Wildman–Crippen LogP) is 1.48. The van der Waals surface area contributed by atoms with Crippen LogP contribution in [0.25, 0.3) is 0 Å². The second kappa shape index (κ2) is 8.83. The van der Waals surface area contributed by atoms with Crippen molar-refractivity contribution in [2.75, 3.05) is 13.1 Å². The fourth-order valence-electron chi connectivity index (χ4n) is 3.04. The van der Waals surface area contributed by atoms with E-state index in [9.17, 15) is 9.59 Å². The molecule has 2 rings (SSSR count). The van der Waals surface area contributed by atoms with Crippen molar-refractivity contribution < 1.29 is 9.59 Å². The van der Waals surface area contributed by atoms with Gasteiger partial charge in [-0.2, -0.15) is 0 Å². The van der Waals surface area contributed by atoms with Gasteiger partial charge in [-0.25, -0.2) is 0 Å². The van der Waals surface area contributed by atoms with Crippen LogP contribution in [0.3, 0.4) is 0 Å². The molecule has 1 heterocycles. The molecule has 1 saturated heterocycles. The van der Waals surface area contributed by atoms with Crippen LogP contribution >= 0.6 is 0 Å². The summed E-state index contributed by atoms with van der Waals surface area (Å²) >= 11 is 0. The van der Waals surface area contributed by atoms with Crippen molar-refractivity contribution in [3.63, 3.8) is 0 Å². The first-order valence-corrected chi connectivity index (χ1v) is 8.81. The number of nitrogens with one attached hydrogen (secondary N) is 3. The van der Waals surface area contributed by atoms with Crippen LogP contribution in [0.4, 0.5) is 0 Å². The molecule has 3 N–H and O–H groups in total. The maximum absolute atomic E-state index is 12.6. The summed E-state index contributed by atoms with van der Waals surface area (Å²) in [5.74, 6) is 0.246. The van der Waals surface area contributed by atoms with Gasteiger partial charge in [0.2, 0.25) is 11.8 Å². The largest absolute Gasteiger partial charge is 0.351 e. The summed E-state index contributed by atoms with van der Waals surface area (Å²) in [6.45, 7) is 7.88. The molecule has 0 radical (unpaired) electrons. The smallest absolute Gasteiger partial charge is 0.243 e. The molecule has 0 bridgehead atoms. The first kappa shape index (κ1) is 18.5. The molecule has 2 amide bonds. The summed E-state index contributed by atoms with van der Waals surface area (Å²) in [4.78, 5) is 24.9. The van der Waals surface area contributed by atoms with Crippen LogP contribution in [0.1, 0.15) is 32.8 Å². The molecule has 0 spiro atoms. The van der Waals surface area contributed by atoms with E-state index in [-0.39, 0.29) is 23.8 Å².